The zero-order valence-electron chi connectivity index (χ0n) is 9.11. The third-order valence-corrected chi connectivity index (χ3v) is 2.84. The van der Waals surface area contributed by atoms with Crippen LogP contribution < -0.4 is 0 Å². The average molecular weight is 299 g/mol. The summed E-state index contributed by atoms with van der Waals surface area (Å²) in [7, 11) is 0. The third-order valence-electron chi connectivity index (χ3n) is 2.32. The molecule has 0 fully saturated rings. The lowest BCUT2D eigenvalue weighted by Gasteiger charge is -2.07. The van der Waals surface area contributed by atoms with Gasteiger partial charge in [-0.1, -0.05) is 28.1 Å². The summed E-state index contributed by atoms with van der Waals surface area (Å²) in [4.78, 5) is 21.6. The minimum Gasteiger partial charge on any atom is -0.481 e. The Bertz CT molecular complexity index is 474. The topological polar surface area (TPSA) is 74.6 Å². The van der Waals surface area contributed by atoms with Crippen LogP contribution in [0.5, 0.6) is 0 Å². The van der Waals surface area contributed by atoms with Crippen molar-refractivity contribution in [2.45, 2.75) is 13.3 Å². The van der Waals surface area contributed by atoms with Gasteiger partial charge in [-0.25, -0.2) is 4.79 Å². The van der Waals surface area contributed by atoms with E-state index in [0.29, 0.717) is 11.1 Å². The quantitative estimate of drug-likeness (QED) is 0.838. The fourth-order valence-corrected chi connectivity index (χ4v) is 1.66. The van der Waals surface area contributed by atoms with Crippen molar-refractivity contribution in [1.82, 2.24) is 0 Å². The monoisotopic (exact) mass is 298 g/mol. The molecule has 90 valence electrons. The molecule has 0 bridgehead atoms. The standard InChI is InChI=1S/C12H11BrO4/c1-7(8-2-4-9(13)5-3-8)10(12(16)17)6-11(14)15/h2-5H,6H2,1H3,(H,14,15)(H,16,17). The van der Waals surface area contributed by atoms with Gasteiger partial charge >= 0.3 is 11.9 Å². The van der Waals surface area contributed by atoms with Crippen LogP contribution in [0.4, 0.5) is 0 Å². The van der Waals surface area contributed by atoms with Crippen LogP contribution in [0.1, 0.15) is 18.9 Å². The van der Waals surface area contributed by atoms with Crippen molar-refractivity contribution in [2.24, 2.45) is 0 Å². The first-order valence-electron chi connectivity index (χ1n) is 4.82. The fraction of sp³-hybridized carbons (Fsp3) is 0.167. The van der Waals surface area contributed by atoms with E-state index in [4.69, 9.17) is 10.2 Å². The van der Waals surface area contributed by atoms with Gasteiger partial charge in [-0.05, 0) is 30.2 Å². The van der Waals surface area contributed by atoms with Crippen LogP contribution >= 0.6 is 15.9 Å². The number of hydrogen-bond acceptors (Lipinski definition) is 2. The number of rotatable bonds is 4. The molecule has 1 aromatic carbocycles. The van der Waals surface area contributed by atoms with Crippen LogP contribution in [0.2, 0.25) is 0 Å². The van der Waals surface area contributed by atoms with Gasteiger partial charge in [-0.15, -0.1) is 0 Å². The summed E-state index contributed by atoms with van der Waals surface area (Å²) in [5, 5.41) is 17.6. The smallest absolute Gasteiger partial charge is 0.332 e. The Hall–Kier alpha value is -1.62. The van der Waals surface area contributed by atoms with Crippen molar-refractivity contribution in [3.63, 3.8) is 0 Å². The van der Waals surface area contributed by atoms with E-state index in [9.17, 15) is 9.59 Å². The zero-order valence-corrected chi connectivity index (χ0v) is 10.7. The molecule has 0 aromatic heterocycles. The Morgan fingerprint density at radius 1 is 1.18 bits per heavy atom. The van der Waals surface area contributed by atoms with Crippen LogP contribution in [0.25, 0.3) is 5.57 Å². The summed E-state index contributed by atoms with van der Waals surface area (Å²) >= 11 is 3.27. The van der Waals surface area contributed by atoms with E-state index in [1.165, 1.54) is 0 Å². The van der Waals surface area contributed by atoms with Crippen LogP contribution in [0, 0.1) is 0 Å². The fourth-order valence-electron chi connectivity index (χ4n) is 1.39. The summed E-state index contributed by atoms with van der Waals surface area (Å²) in [5.41, 5.74) is 1.07. The molecule has 1 aromatic rings. The number of hydrogen-bond donors (Lipinski definition) is 2. The van der Waals surface area contributed by atoms with E-state index in [0.717, 1.165) is 4.47 Å². The van der Waals surface area contributed by atoms with Crippen molar-refractivity contribution in [2.75, 3.05) is 0 Å². The number of carbonyl (C=O) groups is 2. The van der Waals surface area contributed by atoms with Crippen LogP contribution in [0.3, 0.4) is 0 Å². The van der Waals surface area contributed by atoms with E-state index in [1.807, 2.05) is 0 Å². The van der Waals surface area contributed by atoms with E-state index < -0.39 is 18.4 Å². The molecule has 0 saturated carbocycles. The largest absolute Gasteiger partial charge is 0.481 e. The second-order valence-corrected chi connectivity index (χ2v) is 4.40. The Morgan fingerprint density at radius 2 is 1.71 bits per heavy atom. The predicted octanol–water partition coefficient (Wildman–Crippen LogP) is 2.78. The molecule has 17 heavy (non-hydrogen) atoms. The minimum atomic E-state index is -1.20. The summed E-state index contributed by atoms with van der Waals surface area (Å²) in [6.45, 7) is 1.61. The van der Waals surface area contributed by atoms with Gasteiger partial charge in [0, 0.05) is 4.47 Å². The molecule has 1 rings (SSSR count). The lowest BCUT2D eigenvalue weighted by Crippen LogP contribution is -2.08. The molecule has 0 aliphatic rings. The molecule has 0 aliphatic heterocycles. The van der Waals surface area contributed by atoms with Crippen molar-refractivity contribution < 1.29 is 19.8 Å². The molecule has 4 nitrogen and oxygen atoms in total. The van der Waals surface area contributed by atoms with Gasteiger partial charge in [-0.2, -0.15) is 0 Å². The van der Waals surface area contributed by atoms with Gasteiger partial charge in [0.1, 0.15) is 0 Å². The Kier molecular flexibility index (Phi) is 4.45. The summed E-state index contributed by atoms with van der Waals surface area (Å²) < 4.78 is 0.879. The molecule has 0 spiro atoms. The van der Waals surface area contributed by atoms with Crippen molar-refractivity contribution in [3.8, 4) is 0 Å². The highest BCUT2D eigenvalue weighted by Gasteiger charge is 2.16. The second kappa shape index (κ2) is 5.63. The van der Waals surface area contributed by atoms with Gasteiger partial charge in [0.15, 0.2) is 0 Å². The van der Waals surface area contributed by atoms with Gasteiger partial charge in [-0.3, -0.25) is 4.79 Å². The zero-order chi connectivity index (χ0) is 13.0. The Labute approximate surface area is 107 Å². The molecule has 0 unspecified atom stereocenters. The molecular formula is C12H11BrO4. The van der Waals surface area contributed by atoms with Gasteiger partial charge in [0.05, 0.1) is 12.0 Å². The molecule has 0 atom stereocenters. The molecule has 0 heterocycles. The normalized spacial score (nSPS) is 11.9. The Morgan fingerprint density at radius 3 is 2.12 bits per heavy atom. The number of carboxylic acid groups (broad SMARTS) is 2. The summed E-state index contributed by atoms with van der Waals surface area (Å²) in [5.74, 6) is -2.35. The first kappa shape index (κ1) is 13.4. The first-order chi connectivity index (χ1) is 7.91. The second-order valence-electron chi connectivity index (χ2n) is 3.49. The first-order valence-corrected chi connectivity index (χ1v) is 5.62. The van der Waals surface area contributed by atoms with E-state index >= 15 is 0 Å². The molecule has 0 aliphatic carbocycles. The van der Waals surface area contributed by atoms with Gasteiger partial charge in [0.2, 0.25) is 0 Å². The van der Waals surface area contributed by atoms with Gasteiger partial charge in [0.25, 0.3) is 0 Å². The van der Waals surface area contributed by atoms with E-state index in [2.05, 4.69) is 15.9 Å². The molecular weight excluding hydrogens is 288 g/mol. The van der Waals surface area contributed by atoms with E-state index in [-0.39, 0.29) is 5.57 Å². The maximum absolute atomic E-state index is 11.0. The highest BCUT2D eigenvalue weighted by Crippen LogP contribution is 2.22. The molecule has 2 N–H and O–H groups in total. The maximum Gasteiger partial charge on any atom is 0.332 e. The predicted molar refractivity (Wildman–Crippen MR) is 66.6 cm³/mol. The SMILES string of the molecule is CC(=C(CC(=O)O)C(=O)O)c1ccc(Br)cc1. The van der Waals surface area contributed by atoms with Crippen molar-refractivity contribution in [1.29, 1.82) is 0 Å². The number of carboxylic acids is 2. The minimum absolute atomic E-state index is 0.0974. The third kappa shape index (κ3) is 3.71. The van der Waals surface area contributed by atoms with Crippen molar-refractivity contribution >= 4 is 33.4 Å². The highest BCUT2D eigenvalue weighted by molar-refractivity contribution is 9.10. The molecule has 5 heteroatoms. The van der Waals surface area contributed by atoms with Gasteiger partial charge < -0.3 is 10.2 Å². The number of allylic oxidation sites excluding steroid dienone is 1. The Balaban J connectivity index is 3.19. The number of benzene rings is 1. The highest BCUT2D eigenvalue weighted by atomic mass is 79.9. The molecule has 0 saturated heterocycles. The molecule has 0 radical (unpaired) electrons. The summed E-state index contributed by atoms with van der Waals surface area (Å²) in [6.07, 6.45) is -0.489. The van der Waals surface area contributed by atoms with E-state index in [1.54, 1.807) is 31.2 Å². The van der Waals surface area contributed by atoms with Crippen LogP contribution in [-0.4, -0.2) is 22.2 Å². The average Bonchev–Trinajstić information content (AvgIpc) is 2.25. The van der Waals surface area contributed by atoms with Crippen LogP contribution in [-0.2, 0) is 9.59 Å². The van der Waals surface area contributed by atoms with Crippen molar-refractivity contribution in [3.05, 3.63) is 39.9 Å². The molecule has 0 amide bonds. The number of aliphatic carboxylic acids is 2. The van der Waals surface area contributed by atoms with Crippen LogP contribution in [0.15, 0.2) is 34.3 Å². The number of halogens is 1. The maximum atomic E-state index is 11.0. The lowest BCUT2D eigenvalue weighted by molar-refractivity contribution is -0.139. The summed E-state index contributed by atoms with van der Waals surface area (Å²) in [6, 6.07) is 7.03. The lowest BCUT2D eigenvalue weighted by atomic mass is 9.99.